The molecule has 0 nitrogen and oxygen atoms in total. The first-order chi connectivity index (χ1) is 13.7. The average Bonchev–Trinajstić information content (AvgIpc) is 2.77. The summed E-state index contributed by atoms with van der Waals surface area (Å²) in [5.74, 6) is -0.0813. The molecule has 0 saturated carbocycles. The van der Waals surface area contributed by atoms with Crippen molar-refractivity contribution >= 4 is 23.2 Å². The van der Waals surface area contributed by atoms with E-state index >= 15 is 4.39 Å². The SMILES string of the molecule is Cc1cccc(C[PH](c2ccccc2)(c2ccccc2)c2ccccc2)c1F. The number of halogens is 1. The summed E-state index contributed by atoms with van der Waals surface area (Å²) in [4.78, 5) is 0. The molecule has 0 aliphatic carbocycles. The fourth-order valence-corrected chi connectivity index (χ4v) is 8.85. The second-order valence-electron chi connectivity index (χ2n) is 7.23. The zero-order valence-electron chi connectivity index (χ0n) is 16.0. The molecule has 0 unspecified atom stereocenters. The van der Waals surface area contributed by atoms with Crippen molar-refractivity contribution in [2.45, 2.75) is 13.1 Å². The topological polar surface area (TPSA) is 0 Å². The Morgan fingerprint density at radius 2 is 1.00 bits per heavy atom. The van der Waals surface area contributed by atoms with Gasteiger partial charge in [0.2, 0.25) is 0 Å². The Morgan fingerprint density at radius 1 is 0.571 bits per heavy atom. The fraction of sp³-hybridized carbons (Fsp3) is 0.0769. The third kappa shape index (κ3) is 3.39. The maximum atomic E-state index is 15.1. The molecule has 0 fully saturated rings. The third-order valence-corrected chi connectivity index (χ3v) is 10.4. The molecule has 0 aliphatic rings. The van der Waals surface area contributed by atoms with Crippen molar-refractivity contribution in [3.63, 3.8) is 0 Å². The van der Waals surface area contributed by atoms with E-state index in [9.17, 15) is 0 Å². The van der Waals surface area contributed by atoms with Crippen LogP contribution in [0.1, 0.15) is 11.1 Å². The quantitative estimate of drug-likeness (QED) is 0.405. The van der Waals surface area contributed by atoms with Crippen LogP contribution in [0.5, 0.6) is 0 Å². The molecule has 0 N–H and O–H groups in total. The van der Waals surface area contributed by atoms with E-state index in [4.69, 9.17) is 0 Å². The van der Waals surface area contributed by atoms with Crippen LogP contribution in [0.3, 0.4) is 0 Å². The average molecular weight is 386 g/mol. The van der Waals surface area contributed by atoms with Gasteiger partial charge in [-0.1, -0.05) is 0 Å². The minimum absolute atomic E-state index is 0.0813. The van der Waals surface area contributed by atoms with Crippen molar-refractivity contribution in [1.29, 1.82) is 0 Å². The molecule has 0 amide bonds. The molecule has 2 heteroatoms. The van der Waals surface area contributed by atoms with Gasteiger partial charge in [0.25, 0.3) is 0 Å². The molecule has 0 bridgehead atoms. The summed E-state index contributed by atoms with van der Waals surface area (Å²) >= 11 is 0. The van der Waals surface area contributed by atoms with Crippen molar-refractivity contribution in [1.82, 2.24) is 0 Å². The van der Waals surface area contributed by atoms with Crippen molar-refractivity contribution in [3.05, 3.63) is 126 Å². The number of benzene rings is 4. The molecule has 0 spiro atoms. The number of hydrogen-bond acceptors (Lipinski definition) is 0. The summed E-state index contributed by atoms with van der Waals surface area (Å²) in [7, 11) is -2.46. The molecule has 4 aromatic carbocycles. The summed E-state index contributed by atoms with van der Waals surface area (Å²) in [6.07, 6.45) is 0.693. The molecule has 4 rings (SSSR count). The normalized spacial score (nSPS) is 11.9. The van der Waals surface area contributed by atoms with E-state index in [0.717, 1.165) is 5.56 Å². The van der Waals surface area contributed by atoms with Crippen LogP contribution >= 0.6 is 7.26 Å². The monoisotopic (exact) mass is 386 g/mol. The van der Waals surface area contributed by atoms with E-state index in [-0.39, 0.29) is 5.82 Å². The van der Waals surface area contributed by atoms with Crippen molar-refractivity contribution < 1.29 is 4.39 Å². The Balaban J connectivity index is 2.02. The van der Waals surface area contributed by atoms with Gasteiger partial charge in [-0.25, -0.2) is 0 Å². The molecule has 0 saturated heterocycles. The summed E-state index contributed by atoms with van der Waals surface area (Å²) in [5.41, 5.74) is 1.50. The molecule has 140 valence electrons. The predicted octanol–water partition coefficient (Wildman–Crippen LogP) is 5.36. The van der Waals surface area contributed by atoms with Crippen molar-refractivity contribution in [2.75, 3.05) is 0 Å². The van der Waals surface area contributed by atoms with Crippen LogP contribution in [0.4, 0.5) is 4.39 Å². The van der Waals surface area contributed by atoms with E-state index < -0.39 is 7.26 Å². The summed E-state index contributed by atoms with van der Waals surface area (Å²) < 4.78 is 15.1. The van der Waals surface area contributed by atoms with Gasteiger partial charge in [-0.15, -0.1) is 0 Å². The molecule has 28 heavy (non-hydrogen) atoms. The third-order valence-electron chi connectivity index (χ3n) is 5.53. The first-order valence-electron chi connectivity index (χ1n) is 9.62. The van der Waals surface area contributed by atoms with E-state index in [0.29, 0.717) is 11.7 Å². The maximum absolute atomic E-state index is 15.1. The molecule has 4 aromatic rings. The zero-order valence-corrected chi connectivity index (χ0v) is 17.0. The van der Waals surface area contributed by atoms with Crippen LogP contribution < -0.4 is 15.9 Å². The fourth-order valence-electron chi connectivity index (χ4n) is 4.10. The zero-order chi connectivity index (χ0) is 19.4. The number of hydrogen-bond donors (Lipinski definition) is 0. The Labute approximate surface area is 167 Å². The first-order valence-corrected chi connectivity index (χ1v) is 11.8. The van der Waals surface area contributed by atoms with Gasteiger partial charge in [-0.05, 0) is 0 Å². The summed E-state index contributed by atoms with van der Waals surface area (Å²) in [5, 5.41) is 3.90. The Bertz CT molecular complexity index is 947. The van der Waals surface area contributed by atoms with E-state index in [1.54, 1.807) is 0 Å². The van der Waals surface area contributed by atoms with Gasteiger partial charge in [0.05, 0.1) is 0 Å². The second-order valence-corrected chi connectivity index (χ2v) is 11.1. The molecular formula is C26H24FP. The van der Waals surface area contributed by atoms with Gasteiger partial charge in [0.1, 0.15) is 0 Å². The van der Waals surface area contributed by atoms with Gasteiger partial charge in [-0.3, -0.25) is 0 Å². The first kappa shape index (κ1) is 18.6. The standard InChI is InChI=1S/C26H24FP/c1-21-12-11-13-22(26(21)27)20-28(23-14-5-2-6-15-23,24-16-7-3-8-17-24)25-18-9-4-10-19-25/h2-19,28H,20H2,1H3. The molecule has 0 aliphatic heterocycles. The van der Waals surface area contributed by atoms with Gasteiger partial charge in [-0.2, -0.15) is 0 Å². The number of rotatable bonds is 5. The van der Waals surface area contributed by atoms with E-state index in [1.807, 2.05) is 43.3 Å². The molecule has 0 heterocycles. The van der Waals surface area contributed by atoms with Gasteiger partial charge >= 0.3 is 167 Å². The Hall–Kier alpha value is -2.76. The Kier molecular flexibility index (Phi) is 5.37. The van der Waals surface area contributed by atoms with Gasteiger partial charge < -0.3 is 0 Å². The molecule has 0 atom stereocenters. The van der Waals surface area contributed by atoms with Crippen LogP contribution in [-0.2, 0) is 6.16 Å². The summed E-state index contributed by atoms with van der Waals surface area (Å²) in [6.45, 7) is 1.84. The van der Waals surface area contributed by atoms with Crippen LogP contribution in [0.15, 0.2) is 109 Å². The summed E-state index contributed by atoms with van der Waals surface area (Å²) in [6, 6.07) is 37.7. The van der Waals surface area contributed by atoms with Crippen LogP contribution in [-0.4, -0.2) is 0 Å². The Morgan fingerprint density at radius 3 is 1.43 bits per heavy atom. The van der Waals surface area contributed by atoms with E-state index in [2.05, 4.69) is 72.8 Å². The molecular weight excluding hydrogens is 362 g/mol. The number of aryl methyl sites for hydroxylation is 1. The van der Waals surface area contributed by atoms with Crippen LogP contribution in [0, 0.1) is 12.7 Å². The van der Waals surface area contributed by atoms with Crippen molar-refractivity contribution in [3.8, 4) is 0 Å². The van der Waals surface area contributed by atoms with Crippen molar-refractivity contribution in [2.24, 2.45) is 0 Å². The molecule has 0 radical (unpaired) electrons. The predicted molar refractivity (Wildman–Crippen MR) is 121 cm³/mol. The molecule has 0 aromatic heterocycles. The minimum atomic E-state index is -2.46. The van der Waals surface area contributed by atoms with E-state index in [1.165, 1.54) is 15.9 Å². The van der Waals surface area contributed by atoms with Crippen LogP contribution in [0.2, 0.25) is 0 Å². The second kappa shape index (κ2) is 8.09. The van der Waals surface area contributed by atoms with Crippen LogP contribution in [0.25, 0.3) is 0 Å². The van der Waals surface area contributed by atoms with Gasteiger partial charge in [0, 0.05) is 0 Å². The van der Waals surface area contributed by atoms with Gasteiger partial charge in [0.15, 0.2) is 0 Å².